The van der Waals surface area contributed by atoms with Gasteiger partial charge in [-0.1, -0.05) is 42.0 Å². The smallest absolute Gasteiger partial charge is 0.294 e. The van der Waals surface area contributed by atoms with E-state index < -0.39 is 0 Å². The number of amides is 1. The highest BCUT2D eigenvalue weighted by Crippen LogP contribution is 2.22. The van der Waals surface area contributed by atoms with Crippen LogP contribution in [0.25, 0.3) is 11.0 Å². The van der Waals surface area contributed by atoms with E-state index in [1.165, 1.54) is 18.4 Å². The molecule has 35 heavy (non-hydrogen) atoms. The molecule has 0 atom stereocenters. The SMILES string of the molecule is Cc1ccc(Cn2c(=O)c(N3CCC(C(=O)NCCN4CCCC4)CC3)nc3ccccc32)cc1. The lowest BCUT2D eigenvalue weighted by molar-refractivity contribution is -0.125. The predicted molar refractivity (Wildman–Crippen MR) is 140 cm³/mol. The Balaban J connectivity index is 1.28. The maximum atomic E-state index is 13.6. The van der Waals surface area contributed by atoms with E-state index >= 15 is 0 Å². The van der Waals surface area contributed by atoms with Crippen LogP contribution >= 0.6 is 0 Å². The van der Waals surface area contributed by atoms with Gasteiger partial charge in [0.2, 0.25) is 5.91 Å². The molecule has 7 heteroatoms. The minimum absolute atomic E-state index is 0.0000633. The van der Waals surface area contributed by atoms with Crippen molar-refractivity contribution in [2.75, 3.05) is 44.2 Å². The van der Waals surface area contributed by atoms with Crippen LogP contribution in [0.5, 0.6) is 0 Å². The predicted octanol–water partition coefficient (Wildman–Crippen LogP) is 3.18. The van der Waals surface area contributed by atoms with E-state index in [2.05, 4.69) is 46.3 Å². The zero-order valence-corrected chi connectivity index (χ0v) is 20.6. The Bertz CT molecular complexity index is 1220. The Labute approximate surface area is 206 Å². The van der Waals surface area contributed by atoms with E-state index in [1.807, 2.05) is 28.8 Å². The zero-order valence-electron chi connectivity index (χ0n) is 20.6. The second kappa shape index (κ2) is 10.6. The number of rotatable bonds is 7. The highest BCUT2D eigenvalue weighted by molar-refractivity contribution is 5.79. The molecule has 0 unspecified atom stereocenters. The molecule has 0 saturated carbocycles. The lowest BCUT2D eigenvalue weighted by atomic mass is 9.96. The number of benzene rings is 2. The molecule has 2 saturated heterocycles. The van der Waals surface area contributed by atoms with Crippen molar-refractivity contribution >= 4 is 22.8 Å². The second-order valence-electron chi connectivity index (χ2n) is 9.90. The number of para-hydroxylation sites is 2. The summed E-state index contributed by atoms with van der Waals surface area (Å²) in [6.07, 6.45) is 4.01. The van der Waals surface area contributed by atoms with Crippen molar-refractivity contribution in [3.63, 3.8) is 0 Å². The molecule has 1 N–H and O–H groups in total. The highest BCUT2D eigenvalue weighted by atomic mass is 16.2. The van der Waals surface area contributed by atoms with Crippen LogP contribution in [-0.2, 0) is 11.3 Å². The maximum absolute atomic E-state index is 13.6. The Morgan fingerprint density at radius 3 is 2.46 bits per heavy atom. The van der Waals surface area contributed by atoms with Gasteiger partial charge in [0.1, 0.15) is 0 Å². The molecule has 2 aromatic carbocycles. The van der Waals surface area contributed by atoms with Crippen molar-refractivity contribution < 1.29 is 4.79 Å². The third-order valence-corrected chi connectivity index (χ3v) is 7.39. The number of nitrogens with zero attached hydrogens (tertiary/aromatic N) is 4. The number of anilines is 1. The Morgan fingerprint density at radius 1 is 1.00 bits per heavy atom. The summed E-state index contributed by atoms with van der Waals surface area (Å²) in [5.74, 6) is 0.635. The van der Waals surface area contributed by atoms with Gasteiger partial charge in [-0.05, 0) is 63.4 Å². The Morgan fingerprint density at radius 2 is 1.71 bits per heavy atom. The van der Waals surface area contributed by atoms with Gasteiger partial charge in [-0.25, -0.2) is 4.98 Å². The van der Waals surface area contributed by atoms with Gasteiger partial charge in [0, 0.05) is 32.1 Å². The minimum atomic E-state index is -0.0715. The molecular formula is C28H35N5O2. The number of carbonyl (C=O) groups excluding carboxylic acids is 1. The van der Waals surface area contributed by atoms with E-state index in [9.17, 15) is 9.59 Å². The van der Waals surface area contributed by atoms with Crippen LogP contribution in [0, 0.1) is 12.8 Å². The van der Waals surface area contributed by atoms with Crippen molar-refractivity contribution in [3.8, 4) is 0 Å². The molecule has 3 aromatic rings. The Kier molecular flexibility index (Phi) is 7.13. The molecule has 184 valence electrons. The third-order valence-electron chi connectivity index (χ3n) is 7.39. The van der Waals surface area contributed by atoms with Crippen LogP contribution in [0.4, 0.5) is 5.82 Å². The summed E-state index contributed by atoms with van der Waals surface area (Å²) in [7, 11) is 0. The number of aromatic nitrogens is 2. The molecule has 1 aromatic heterocycles. The first-order chi connectivity index (χ1) is 17.1. The average Bonchev–Trinajstić information content (AvgIpc) is 3.40. The van der Waals surface area contributed by atoms with E-state index in [4.69, 9.17) is 4.98 Å². The van der Waals surface area contributed by atoms with Crippen LogP contribution in [0.2, 0.25) is 0 Å². The first-order valence-electron chi connectivity index (χ1n) is 12.9. The number of hydrogen-bond acceptors (Lipinski definition) is 5. The van der Waals surface area contributed by atoms with Gasteiger partial charge in [-0.15, -0.1) is 0 Å². The average molecular weight is 474 g/mol. The first kappa shape index (κ1) is 23.5. The van der Waals surface area contributed by atoms with Crippen LogP contribution in [0.15, 0.2) is 53.3 Å². The molecule has 2 fully saturated rings. The molecule has 1 amide bonds. The van der Waals surface area contributed by atoms with Crippen molar-refractivity contribution in [2.24, 2.45) is 5.92 Å². The fourth-order valence-electron chi connectivity index (χ4n) is 5.26. The van der Waals surface area contributed by atoms with Crippen LogP contribution in [-0.4, -0.2) is 59.6 Å². The number of nitrogens with one attached hydrogen (secondary N) is 1. The standard InChI is InChI=1S/C28H35N5O2/c1-21-8-10-22(11-9-21)20-33-25-7-3-2-6-24(25)30-26(28(33)35)32-17-12-23(13-18-32)27(34)29-14-19-31-15-4-5-16-31/h2-3,6-11,23H,4-5,12-20H2,1H3,(H,29,34). The molecule has 7 nitrogen and oxygen atoms in total. The van der Waals surface area contributed by atoms with Gasteiger partial charge in [-0.3, -0.25) is 14.2 Å². The fraction of sp³-hybridized carbons (Fsp3) is 0.464. The molecule has 2 aliphatic heterocycles. The quantitative estimate of drug-likeness (QED) is 0.571. The highest BCUT2D eigenvalue weighted by Gasteiger charge is 2.27. The van der Waals surface area contributed by atoms with E-state index in [0.717, 1.165) is 55.6 Å². The number of piperidine rings is 1. The molecule has 0 radical (unpaired) electrons. The Hall–Kier alpha value is -3.19. The summed E-state index contributed by atoms with van der Waals surface area (Å²) >= 11 is 0. The lowest BCUT2D eigenvalue weighted by Gasteiger charge is -2.32. The van der Waals surface area contributed by atoms with Gasteiger partial charge in [0.05, 0.1) is 17.6 Å². The summed E-state index contributed by atoms with van der Waals surface area (Å²) in [5.41, 5.74) is 3.87. The van der Waals surface area contributed by atoms with Crippen molar-refractivity contribution in [1.29, 1.82) is 0 Å². The van der Waals surface area contributed by atoms with Gasteiger partial charge in [0.25, 0.3) is 5.56 Å². The number of hydrogen-bond donors (Lipinski definition) is 1. The monoisotopic (exact) mass is 473 g/mol. The van der Waals surface area contributed by atoms with Crippen molar-refractivity contribution in [1.82, 2.24) is 19.8 Å². The molecule has 2 aliphatic rings. The molecule has 0 bridgehead atoms. The number of likely N-dealkylation sites (tertiary alicyclic amines) is 1. The normalized spacial score (nSPS) is 17.2. The number of aryl methyl sites for hydroxylation is 1. The number of fused-ring (bicyclic) bond motifs is 1. The van der Waals surface area contributed by atoms with Gasteiger partial charge >= 0.3 is 0 Å². The molecule has 0 spiro atoms. The third kappa shape index (κ3) is 5.40. The van der Waals surface area contributed by atoms with Gasteiger partial charge < -0.3 is 15.1 Å². The summed E-state index contributed by atoms with van der Waals surface area (Å²) in [6.45, 7) is 7.84. The van der Waals surface area contributed by atoms with Crippen LogP contribution in [0.1, 0.15) is 36.8 Å². The molecule has 5 rings (SSSR count). The lowest BCUT2D eigenvalue weighted by Crippen LogP contribution is -2.44. The zero-order chi connectivity index (χ0) is 24.2. The summed E-state index contributed by atoms with van der Waals surface area (Å²) in [6, 6.07) is 16.1. The van der Waals surface area contributed by atoms with E-state index in [-0.39, 0.29) is 17.4 Å². The summed E-state index contributed by atoms with van der Waals surface area (Å²) in [5, 5.41) is 3.13. The molecule has 3 heterocycles. The summed E-state index contributed by atoms with van der Waals surface area (Å²) < 4.78 is 1.83. The minimum Gasteiger partial charge on any atom is -0.355 e. The fourth-order valence-corrected chi connectivity index (χ4v) is 5.26. The van der Waals surface area contributed by atoms with Crippen molar-refractivity contribution in [3.05, 3.63) is 70.0 Å². The van der Waals surface area contributed by atoms with Gasteiger partial charge in [0.15, 0.2) is 5.82 Å². The first-order valence-corrected chi connectivity index (χ1v) is 12.9. The summed E-state index contributed by atoms with van der Waals surface area (Å²) in [4.78, 5) is 35.6. The molecular weight excluding hydrogens is 438 g/mol. The van der Waals surface area contributed by atoms with Crippen LogP contribution in [0.3, 0.4) is 0 Å². The van der Waals surface area contributed by atoms with E-state index in [0.29, 0.717) is 25.5 Å². The molecule has 0 aliphatic carbocycles. The largest absolute Gasteiger partial charge is 0.355 e. The van der Waals surface area contributed by atoms with Gasteiger partial charge in [-0.2, -0.15) is 0 Å². The maximum Gasteiger partial charge on any atom is 0.294 e. The van der Waals surface area contributed by atoms with Crippen LogP contribution < -0.4 is 15.8 Å². The second-order valence-corrected chi connectivity index (χ2v) is 9.90. The van der Waals surface area contributed by atoms with Crippen molar-refractivity contribution in [2.45, 2.75) is 39.2 Å². The van der Waals surface area contributed by atoms with E-state index in [1.54, 1.807) is 0 Å². The topological polar surface area (TPSA) is 70.5 Å². The number of carbonyl (C=O) groups is 1.